The van der Waals surface area contributed by atoms with E-state index in [4.69, 9.17) is 5.73 Å². The zero-order valence-corrected chi connectivity index (χ0v) is 12.0. The predicted molar refractivity (Wildman–Crippen MR) is 68.3 cm³/mol. The monoisotopic (exact) mass is 328 g/mol. The number of rotatable bonds is 8. The molecule has 1 rings (SSSR count). The molecule has 0 saturated heterocycles. The lowest BCUT2D eigenvalue weighted by atomic mass is 10.2. The van der Waals surface area contributed by atoms with Gasteiger partial charge in [-0.05, 0) is 24.1 Å². The molecule has 0 bridgehead atoms. The van der Waals surface area contributed by atoms with Crippen LogP contribution in [-0.4, -0.2) is 32.3 Å². The zero-order chi connectivity index (χ0) is 16.9. The minimum Gasteiger partial charge on any atom is -0.548 e. The second kappa shape index (κ2) is 7.00. The van der Waals surface area contributed by atoms with Crippen LogP contribution in [0, 0.1) is 0 Å². The summed E-state index contributed by atoms with van der Waals surface area (Å²) in [6.07, 6.45) is -0.710. The third-order valence-electron chi connectivity index (χ3n) is 2.66. The molecule has 22 heavy (non-hydrogen) atoms. The van der Waals surface area contributed by atoms with Crippen LogP contribution in [0.1, 0.15) is 23.2 Å². The van der Waals surface area contributed by atoms with Crippen LogP contribution in [0.4, 0.5) is 0 Å². The molecule has 1 amide bonds. The largest absolute Gasteiger partial charge is 0.548 e. The number of carbonyl (C=O) groups is 3. The number of carboxylic acids is 2. The molecular weight excluding hydrogens is 316 g/mol. The average molecular weight is 328 g/mol. The quantitative estimate of drug-likeness (QED) is 0.503. The summed E-state index contributed by atoms with van der Waals surface area (Å²) in [5, 5.41) is 21.5. The third-order valence-corrected chi connectivity index (χ3v) is 4.15. The number of nitrogens with one attached hydrogen (secondary N) is 1. The number of hydrogen-bond acceptors (Lipinski definition) is 7. The van der Waals surface area contributed by atoms with Crippen LogP contribution in [0.15, 0.2) is 29.2 Å². The summed E-state index contributed by atoms with van der Waals surface area (Å²) >= 11 is 0. The maximum Gasteiger partial charge on any atom is 0.241 e. The van der Waals surface area contributed by atoms with Gasteiger partial charge in [-0.15, -0.1) is 0 Å². The molecule has 0 aliphatic carbocycles. The number of benzene rings is 1. The first-order valence-electron chi connectivity index (χ1n) is 5.96. The molecule has 10 heteroatoms. The van der Waals surface area contributed by atoms with Gasteiger partial charge in [-0.3, -0.25) is 4.79 Å². The average Bonchev–Trinajstić information content (AvgIpc) is 2.43. The maximum atomic E-state index is 12.0. The van der Waals surface area contributed by atoms with E-state index in [0.29, 0.717) is 0 Å². The lowest BCUT2D eigenvalue weighted by Crippen LogP contribution is -2.48. The van der Waals surface area contributed by atoms with Crippen molar-refractivity contribution < 1.29 is 33.0 Å². The number of primary amides is 1. The van der Waals surface area contributed by atoms with Gasteiger partial charge in [0, 0.05) is 6.42 Å². The molecule has 0 spiro atoms. The molecule has 120 valence electrons. The van der Waals surface area contributed by atoms with E-state index in [2.05, 4.69) is 0 Å². The van der Waals surface area contributed by atoms with Gasteiger partial charge >= 0.3 is 0 Å². The molecule has 1 atom stereocenters. The first-order chi connectivity index (χ1) is 10.1. The molecule has 1 aromatic carbocycles. The summed E-state index contributed by atoms with van der Waals surface area (Å²) in [4.78, 5) is 31.7. The molecule has 0 aliphatic rings. The Morgan fingerprint density at radius 3 is 2.09 bits per heavy atom. The number of aliphatic carboxylic acids is 1. The Balaban J connectivity index is 2.94. The number of carboxylic acid groups (broad SMARTS) is 2. The topological polar surface area (TPSA) is 170 Å². The van der Waals surface area contributed by atoms with Crippen molar-refractivity contribution >= 4 is 27.9 Å². The van der Waals surface area contributed by atoms with E-state index in [0.717, 1.165) is 24.3 Å². The Kier molecular flexibility index (Phi) is 5.60. The Bertz CT molecular complexity index is 682. The van der Waals surface area contributed by atoms with E-state index in [1.54, 1.807) is 0 Å². The highest BCUT2D eigenvalue weighted by Gasteiger charge is 2.21. The molecule has 0 fully saturated rings. The Morgan fingerprint density at radius 1 is 1.14 bits per heavy atom. The minimum absolute atomic E-state index is 0.232. The van der Waals surface area contributed by atoms with Gasteiger partial charge in [-0.2, -0.15) is 0 Å². The van der Waals surface area contributed by atoms with Gasteiger partial charge in [0.1, 0.15) is 0 Å². The Hall–Kier alpha value is -2.46. The summed E-state index contributed by atoms with van der Waals surface area (Å²) in [6.45, 7) is 0. The predicted octanol–water partition coefficient (Wildman–Crippen LogP) is -3.29. The standard InChI is InChI=1S/C12H14N2O7S/c13-10(15)6-5-9(12(18)19)14-22(20,21)8-3-1-7(2-4-8)11(16)17/h1-4,9,14H,5-6H2,(H2,13,15)(H,16,17)(H,18,19)/p-2/t9-/m1/s1. The van der Waals surface area contributed by atoms with Gasteiger partial charge in [0.05, 0.1) is 22.9 Å². The second-order valence-corrected chi connectivity index (χ2v) is 6.02. The van der Waals surface area contributed by atoms with Crippen LogP contribution in [0.3, 0.4) is 0 Å². The van der Waals surface area contributed by atoms with Crippen LogP contribution in [0.5, 0.6) is 0 Å². The van der Waals surface area contributed by atoms with Gasteiger partial charge in [0.15, 0.2) is 0 Å². The molecule has 0 aromatic heterocycles. The highest BCUT2D eigenvalue weighted by Crippen LogP contribution is 2.12. The summed E-state index contributed by atoms with van der Waals surface area (Å²) in [5.74, 6) is -3.98. The lowest BCUT2D eigenvalue weighted by Gasteiger charge is -2.19. The van der Waals surface area contributed by atoms with Crippen molar-refractivity contribution in [1.82, 2.24) is 4.72 Å². The normalized spacial score (nSPS) is 12.5. The number of carbonyl (C=O) groups excluding carboxylic acids is 3. The Labute approximate surface area is 125 Å². The van der Waals surface area contributed by atoms with Gasteiger partial charge < -0.3 is 25.5 Å². The van der Waals surface area contributed by atoms with E-state index in [1.165, 1.54) is 0 Å². The fraction of sp³-hybridized carbons (Fsp3) is 0.250. The molecule has 9 nitrogen and oxygen atoms in total. The van der Waals surface area contributed by atoms with Crippen LogP contribution < -0.4 is 20.7 Å². The van der Waals surface area contributed by atoms with Crippen molar-refractivity contribution in [2.75, 3.05) is 0 Å². The van der Waals surface area contributed by atoms with Crippen LogP contribution in [0.2, 0.25) is 0 Å². The molecule has 1 aromatic rings. The van der Waals surface area contributed by atoms with Gasteiger partial charge in [0.25, 0.3) is 0 Å². The molecule has 0 saturated carbocycles. The molecular formula is C12H12N2O7S-2. The summed E-state index contributed by atoms with van der Waals surface area (Å²) in [6, 6.07) is 2.32. The summed E-state index contributed by atoms with van der Waals surface area (Å²) in [5.41, 5.74) is 4.64. The van der Waals surface area contributed by atoms with Crippen molar-refractivity contribution in [3.63, 3.8) is 0 Å². The highest BCUT2D eigenvalue weighted by molar-refractivity contribution is 7.89. The molecule has 0 heterocycles. The number of aromatic carboxylic acids is 1. The summed E-state index contributed by atoms with van der Waals surface area (Å²) in [7, 11) is -4.23. The smallest absolute Gasteiger partial charge is 0.241 e. The second-order valence-electron chi connectivity index (χ2n) is 4.31. The molecule has 0 aliphatic heterocycles. The van der Waals surface area contributed by atoms with Crippen molar-refractivity contribution in [3.8, 4) is 0 Å². The van der Waals surface area contributed by atoms with E-state index in [9.17, 15) is 33.0 Å². The van der Waals surface area contributed by atoms with E-state index < -0.39 is 33.9 Å². The fourth-order valence-electron chi connectivity index (χ4n) is 1.54. The van der Waals surface area contributed by atoms with E-state index in [-0.39, 0.29) is 23.3 Å². The van der Waals surface area contributed by atoms with Crippen LogP contribution in [0.25, 0.3) is 0 Å². The summed E-state index contributed by atoms with van der Waals surface area (Å²) < 4.78 is 25.8. The van der Waals surface area contributed by atoms with E-state index >= 15 is 0 Å². The number of sulfonamides is 1. The van der Waals surface area contributed by atoms with Crippen molar-refractivity contribution in [1.29, 1.82) is 0 Å². The first kappa shape index (κ1) is 17.6. The molecule has 0 radical (unpaired) electrons. The Morgan fingerprint density at radius 2 is 1.68 bits per heavy atom. The van der Waals surface area contributed by atoms with Gasteiger partial charge in [-0.1, -0.05) is 12.1 Å². The molecule has 3 N–H and O–H groups in total. The zero-order valence-electron chi connectivity index (χ0n) is 11.1. The van der Waals surface area contributed by atoms with Crippen molar-refractivity contribution in [2.45, 2.75) is 23.8 Å². The fourth-order valence-corrected chi connectivity index (χ4v) is 2.76. The van der Waals surface area contributed by atoms with E-state index in [1.807, 2.05) is 4.72 Å². The molecule has 0 unspecified atom stereocenters. The minimum atomic E-state index is -4.23. The number of amides is 1. The van der Waals surface area contributed by atoms with Crippen LogP contribution in [-0.2, 0) is 19.6 Å². The number of nitrogens with two attached hydrogens (primary N) is 1. The highest BCUT2D eigenvalue weighted by atomic mass is 32.2. The lowest BCUT2D eigenvalue weighted by molar-refractivity contribution is -0.308. The van der Waals surface area contributed by atoms with Crippen LogP contribution >= 0.6 is 0 Å². The SMILES string of the molecule is NC(=O)CC[C@@H](NS(=O)(=O)c1ccc(C(=O)[O-])cc1)C(=O)[O-]. The first-order valence-corrected chi connectivity index (χ1v) is 7.44. The van der Waals surface area contributed by atoms with Crippen molar-refractivity contribution in [2.24, 2.45) is 5.73 Å². The number of hydrogen-bond donors (Lipinski definition) is 2. The van der Waals surface area contributed by atoms with Crippen molar-refractivity contribution in [3.05, 3.63) is 29.8 Å². The third kappa shape index (κ3) is 4.82. The van der Waals surface area contributed by atoms with Gasteiger partial charge in [-0.25, -0.2) is 13.1 Å². The van der Waals surface area contributed by atoms with Gasteiger partial charge in [0.2, 0.25) is 15.9 Å². The maximum absolute atomic E-state index is 12.0.